The van der Waals surface area contributed by atoms with Crippen LogP contribution >= 0.6 is 0 Å². The molecule has 0 saturated heterocycles. The van der Waals surface area contributed by atoms with Crippen molar-refractivity contribution in [2.45, 2.75) is 51.9 Å². The molecule has 1 amide bonds. The number of anilines is 1. The number of amides is 1. The second kappa shape index (κ2) is 10.1. The van der Waals surface area contributed by atoms with Crippen LogP contribution in [0.15, 0.2) is 53.4 Å². The van der Waals surface area contributed by atoms with E-state index in [-0.39, 0.29) is 39.0 Å². The van der Waals surface area contributed by atoms with Crippen molar-refractivity contribution < 1.29 is 31.1 Å². The van der Waals surface area contributed by atoms with Crippen molar-refractivity contribution in [1.29, 1.82) is 0 Å². The number of carbonyl (C=O) groups excluding carboxylic acids is 1. The minimum absolute atomic E-state index is 0.0422. The summed E-state index contributed by atoms with van der Waals surface area (Å²) in [5, 5.41) is 7.14. The number of nitrogens with one attached hydrogen (secondary N) is 2. The maximum absolute atomic E-state index is 13.3. The largest absolute Gasteiger partial charge is 0.573 e. The van der Waals surface area contributed by atoms with Crippen LogP contribution in [0.25, 0.3) is 11.3 Å². The van der Waals surface area contributed by atoms with E-state index in [2.05, 4.69) is 19.9 Å². The van der Waals surface area contributed by atoms with Gasteiger partial charge in [-0.15, -0.1) is 13.2 Å². The smallest absolute Gasteiger partial charge is 0.406 e. The Bertz CT molecular complexity index is 1390. The highest BCUT2D eigenvalue weighted by Gasteiger charge is 2.33. The third kappa shape index (κ3) is 6.82. The first-order chi connectivity index (χ1) is 17.0. The summed E-state index contributed by atoms with van der Waals surface area (Å²) in [7, 11) is -2.75. The molecule has 0 radical (unpaired) electrons. The van der Waals surface area contributed by atoms with Gasteiger partial charge in [0.1, 0.15) is 17.1 Å². The molecule has 0 fully saturated rings. The molecule has 2 aromatic carbocycles. The van der Waals surface area contributed by atoms with Crippen molar-refractivity contribution in [2.24, 2.45) is 12.5 Å². The highest BCUT2D eigenvalue weighted by atomic mass is 32.2. The Morgan fingerprint density at radius 3 is 2.27 bits per heavy atom. The number of alkyl halides is 3. The van der Waals surface area contributed by atoms with Gasteiger partial charge >= 0.3 is 6.36 Å². The van der Waals surface area contributed by atoms with Crippen LogP contribution in [0.3, 0.4) is 0 Å². The molecule has 200 valence electrons. The Morgan fingerprint density at radius 2 is 1.70 bits per heavy atom. The van der Waals surface area contributed by atoms with E-state index in [1.54, 1.807) is 19.1 Å². The fourth-order valence-corrected chi connectivity index (χ4v) is 4.39. The van der Waals surface area contributed by atoms with Crippen LogP contribution in [0.4, 0.5) is 18.9 Å². The number of nitrogens with zero attached hydrogens (tertiary/aromatic N) is 2. The summed E-state index contributed by atoms with van der Waals surface area (Å²) in [6.07, 6.45) is -4.92. The van der Waals surface area contributed by atoms with E-state index in [1.807, 2.05) is 27.7 Å². The predicted octanol–water partition coefficient (Wildman–Crippen LogP) is 5.26. The van der Waals surface area contributed by atoms with E-state index in [0.717, 1.165) is 17.7 Å². The average Bonchev–Trinajstić information content (AvgIpc) is 3.07. The number of carbonyl (C=O) groups is 1. The molecule has 0 bridgehead atoms. The van der Waals surface area contributed by atoms with Crippen molar-refractivity contribution >= 4 is 21.6 Å². The number of benzene rings is 2. The lowest BCUT2D eigenvalue weighted by Crippen LogP contribution is -2.42. The number of ether oxygens (including phenoxy) is 1. The van der Waals surface area contributed by atoms with Gasteiger partial charge in [-0.3, -0.25) is 14.2 Å². The molecular weight excluding hydrogens is 509 g/mol. The Kier molecular flexibility index (Phi) is 7.64. The second-order valence-electron chi connectivity index (χ2n) is 9.75. The Morgan fingerprint density at radius 1 is 1.08 bits per heavy atom. The van der Waals surface area contributed by atoms with E-state index >= 15 is 0 Å². The average molecular weight is 539 g/mol. The van der Waals surface area contributed by atoms with Crippen molar-refractivity contribution in [1.82, 2.24) is 15.1 Å². The number of rotatable bonds is 7. The summed E-state index contributed by atoms with van der Waals surface area (Å²) in [5.74, 6) is -1.12. The first-order valence-corrected chi connectivity index (χ1v) is 12.8. The third-order valence-corrected chi connectivity index (χ3v) is 7.18. The molecule has 3 rings (SSSR count). The van der Waals surface area contributed by atoms with Gasteiger partial charge in [-0.2, -0.15) is 5.10 Å². The van der Waals surface area contributed by atoms with E-state index in [4.69, 9.17) is 0 Å². The Balaban J connectivity index is 2.15. The summed E-state index contributed by atoms with van der Waals surface area (Å²) >= 11 is 0. The normalized spacial score (nSPS) is 13.2. The molecule has 1 atom stereocenters. The van der Waals surface area contributed by atoms with Crippen LogP contribution in [0, 0.1) is 12.3 Å². The lowest BCUT2D eigenvalue weighted by atomic mass is 9.88. The first kappa shape index (κ1) is 28.0. The van der Waals surface area contributed by atoms with Crippen molar-refractivity contribution in [3.63, 3.8) is 0 Å². The fourth-order valence-electron chi connectivity index (χ4n) is 3.32. The van der Waals surface area contributed by atoms with Gasteiger partial charge in [0.25, 0.3) is 15.9 Å². The monoisotopic (exact) mass is 538 g/mol. The number of aromatic nitrogens is 2. The highest BCUT2D eigenvalue weighted by molar-refractivity contribution is 7.92. The molecule has 8 nitrogen and oxygen atoms in total. The van der Waals surface area contributed by atoms with Gasteiger partial charge in [0.15, 0.2) is 5.69 Å². The van der Waals surface area contributed by atoms with E-state index in [9.17, 15) is 26.4 Å². The third-order valence-electron chi connectivity index (χ3n) is 5.82. The summed E-state index contributed by atoms with van der Waals surface area (Å²) in [6, 6.07) is 10.7. The first-order valence-electron chi connectivity index (χ1n) is 11.3. The standard InChI is InChI=1S/C25H29F3N4O4S/c1-15-10-12-19(13-11-15)37(34,35)31-21-20(17-8-7-9-18(14-17)36-25(26,27)28)30-32(6)22(21)23(33)29-16(2)24(3,4)5/h7-14,16,31H,1-6H3,(H,29,33)/t16-/m0/s1. The van der Waals surface area contributed by atoms with Gasteiger partial charge in [-0.1, -0.05) is 50.6 Å². The van der Waals surface area contributed by atoms with Crippen molar-refractivity contribution in [2.75, 3.05) is 4.72 Å². The summed E-state index contributed by atoms with van der Waals surface area (Å²) in [5.41, 5.74) is 0.330. The SMILES string of the molecule is Cc1ccc(S(=O)(=O)Nc2c(-c3cccc(OC(F)(F)F)c3)nn(C)c2C(=O)N[C@@H](C)C(C)(C)C)cc1. The number of hydrogen-bond donors (Lipinski definition) is 2. The van der Waals surface area contributed by atoms with Crippen LogP contribution in [0.2, 0.25) is 0 Å². The number of hydrogen-bond acceptors (Lipinski definition) is 5. The Hall–Kier alpha value is -3.54. The number of halogens is 3. The molecule has 0 aliphatic heterocycles. The van der Waals surface area contributed by atoms with E-state index in [1.165, 1.54) is 36.0 Å². The summed E-state index contributed by atoms with van der Waals surface area (Å²) in [4.78, 5) is 13.3. The van der Waals surface area contributed by atoms with Crippen LogP contribution in [-0.2, 0) is 17.1 Å². The molecule has 0 aliphatic carbocycles. The minimum Gasteiger partial charge on any atom is -0.406 e. The molecule has 3 aromatic rings. The fraction of sp³-hybridized carbons (Fsp3) is 0.360. The van der Waals surface area contributed by atoms with Gasteiger partial charge in [0.2, 0.25) is 0 Å². The van der Waals surface area contributed by atoms with Crippen LogP contribution in [0.1, 0.15) is 43.7 Å². The van der Waals surface area contributed by atoms with Gasteiger partial charge in [-0.25, -0.2) is 8.42 Å². The molecule has 0 saturated carbocycles. The predicted molar refractivity (Wildman–Crippen MR) is 134 cm³/mol. The number of aryl methyl sites for hydroxylation is 2. The Labute approximate surface area is 213 Å². The highest BCUT2D eigenvalue weighted by Crippen LogP contribution is 2.35. The van der Waals surface area contributed by atoms with Crippen molar-refractivity contribution in [3.05, 3.63) is 59.8 Å². The van der Waals surface area contributed by atoms with E-state index in [0.29, 0.717) is 0 Å². The summed E-state index contributed by atoms with van der Waals surface area (Å²) < 4.78 is 72.6. The molecule has 12 heteroatoms. The lowest BCUT2D eigenvalue weighted by Gasteiger charge is -2.28. The zero-order valence-corrected chi connectivity index (χ0v) is 22.1. The minimum atomic E-state index is -4.92. The second-order valence-corrected chi connectivity index (χ2v) is 11.4. The lowest BCUT2D eigenvalue weighted by molar-refractivity contribution is -0.274. The summed E-state index contributed by atoms with van der Waals surface area (Å²) in [6.45, 7) is 9.40. The van der Waals surface area contributed by atoms with Crippen LogP contribution < -0.4 is 14.8 Å². The van der Waals surface area contributed by atoms with Gasteiger partial charge in [-0.05, 0) is 43.5 Å². The maximum Gasteiger partial charge on any atom is 0.573 e. The molecule has 0 unspecified atom stereocenters. The number of sulfonamides is 1. The quantitative estimate of drug-likeness (QED) is 0.427. The van der Waals surface area contributed by atoms with Crippen molar-refractivity contribution in [3.8, 4) is 17.0 Å². The van der Waals surface area contributed by atoms with Gasteiger partial charge < -0.3 is 10.1 Å². The van der Waals surface area contributed by atoms with Crippen LogP contribution in [-0.4, -0.2) is 36.5 Å². The molecule has 1 aromatic heterocycles. The molecule has 0 aliphatic rings. The van der Waals surface area contributed by atoms with E-state index < -0.39 is 28.0 Å². The molecule has 2 N–H and O–H groups in total. The molecule has 0 spiro atoms. The van der Waals surface area contributed by atoms with Gasteiger partial charge in [0.05, 0.1) is 4.90 Å². The molecule has 1 heterocycles. The van der Waals surface area contributed by atoms with Gasteiger partial charge in [0, 0.05) is 18.7 Å². The van der Waals surface area contributed by atoms with Crippen LogP contribution in [0.5, 0.6) is 5.75 Å². The topological polar surface area (TPSA) is 102 Å². The maximum atomic E-state index is 13.3. The molecular formula is C25H29F3N4O4S. The zero-order valence-electron chi connectivity index (χ0n) is 21.3. The molecule has 37 heavy (non-hydrogen) atoms. The zero-order chi connectivity index (χ0) is 27.8.